The molecule has 0 aliphatic carbocycles. The lowest BCUT2D eigenvalue weighted by atomic mass is 9.95. The number of aliphatic hydroxyl groups is 1. The molecule has 0 spiro atoms. The molecule has 0 amide bonds. The summed E-state index contributed by atoms with van der Waals surface area (Å²) in [7, 11) is 0. The molecular weight excluding hydrogens is 304 g/mol. The van der Waals surface area contributed by atoms with Crippen LogP contribution in [0, 0.1) is 0 Å². The first-order valence-corrected chi connectivity index (χ1v) is 8.28. The number of hydrogen-bond acceptors (Lipinski definition) is 3. The number of fused-ring (bicyclic) bond motifs is 1. The van der Waals surface area contributed by atoms with Crippen LogP contribution in [0.25, 0.3) is 0 Å². The molecule has 2 aromatic rings. The summed E-state index contributed by atoms with van der Waals surface area (Å²) in [6.45, 7) is 6.61. The minimum atomic E-state index is -0.530. The summed E-state index contributed by atoms with van der Waals surface area (Å²) in [5, 5.41) is 11.0. The monoisotopic (exact) mass is 322 g/mol. The molecule has 2 heterocycles. The standard InChI is InChI=1S/C17H19ClO2S/c1-17(2,3)16-7-6-15(21-16)14-9-12(19)11-8-10(18)4-5-13(11)20-14/h4-8,12,14,19H,9H2,1-3H3. The van der Waals surface area contributed by atoms with Crippen LogP contribution in [0.1, 0.15) is 54.7 Å². The predicted molar refractivity (Wildman–Crippen MR) is 87.4 cm³/mol. The first-order chi connectivity index (χ1) is 9.84. The van der Waals surface area contributed by atoms with Crippen LogP contribution in [-0.2, 0) is 5.41 Å². The number of rotatable bonds is 1. The molecule has 4 heteroatoms. The van der Waals surface area contributed by atoms with Crippen LogP contribution < -0.4 is 4.74 Å². The Balaban J connectivity index is 1.89. The highest BCUT2D eigenvalue weighted by molar-refractivity contribution is 7.12. The third-order valence-corrected chi connectivity index (χ3v) is 5.56. The average Bonchev–Trinajstić information content (AvgIpc) is 2.89. The van der Waals surface area contributed by atoms with Gasteiger partial charge >= 0.3 is 0 Å². The van der Waals surface area contributed by atoms with E-state index >= 15 is 0 Å². The predicted octanol–water partition coefficient (Wildman–Crippen LogP) is 5.26. The molecule has 2 unspecified atom stereocenters. The Hall–Kier alpha value is -1.03. The normalized spacial score (nSPS) is 21.8. The van der Waals surface area contributed by atoms with Crippen molar-refractivity contribution < 1.29 is 9.84 Å². The molecule has 3 rings (SSSR count). The minimum absolute atomic E-state index is 0.0882. The van der Waals surface area contributed by atoms with E-state index in [0.717, 1.165) is 11.3 Å². The van der Waals surface area contributed by atoms with Crippen LogP contribution in [0.2, 0.25) is 5.02 Å². The zero-order valence-electron chi connectivity index (χ0n) is 12.4. The summed E-state index contributed by atoms with van der Waals surface area (Å²) in [4.78, 5) is 2.50. The van der Waals surface area contributed by atoms with E-state index < -0.39 is 6.10 Å². The van der Waals surface area contributed by atoms with Crippen molar-refractivity contribution in [2.24, 2.45) is 0 Å². The molecule has 21 heavy (non-hydrogen) atoms. The van der Waals surface area contributed by atoms with Crippen LogP contribution in [0.5, 0.6) is 5.75 Å². The Morgan fingerprint density at radius 1 is 1.24 bits per heavy atom. The molecule has 2 nitrogen and oxygen atoms in total. The Bertz CT molecular complexity index is 657. The zero-order chi connectivity index (χ0) is 15.2. The van der Waals surface area contributed by atoms with Crippen molar-refractivity contribution in [2.75, 3.05) is 0 Å². The largest absolute Gasteiger partial charge is 0.484 e. The quantitative estimate of drug-likeness (QED) is 0.776. The molecule has 1 aliphatic heterocycles. The summed E-state index contributed by atoms with van der Waals surface area (Å²) >= 11 is 7.75. The molecule has 0 radical (unpaired) electrons. The van der Waals surface area contributed by atoms with Crippen LogP contribution in [0.3, 0.4) is 0 Å². The maximum absolute atomic E-state index is 10.4. The third kappa shape index (κ3) is 2.96. The molecule has 1 aromatic carbocycles. The van der Waals surface area contributed by atoms with Gasteiger partial charge in [0.25, 0.3) is 0 Å². The molecule has 0 saturated carbocycles. The van der Waals surface area contributed by atoms with E-state index in [1.165, 1.54) is 9.75 Å². The van der Waals surface area contributed by atoms with Gasteiger partial charge in [0.05, 0.1) is 6.10 Å². The number of thiophene rings is 1. The van der Waals surface area contributed by atoms with Crippen LogP contribution >= 0.6 is 22.9 Å². The molecule has 0 fully saturated rings. The van der Waals surface area contributed by atoms with Crippen molar-refractivity contribution in [1.29, 1.82) is 0 Å². The van der Waals surface area contributed by atoms with Crippen LogP contribution in [0.4, 0.5) is 0 Å². The first kappa shape index (κ1) is 14.9. The van der Waals surface area contributed by atoms with E-state index in [9.17, 15) is 5.11 Å². The summed E-state index contributed by atoms with van der Waals surface area (Å²) in [6.07, 6.45) is -0.0512. The van der Waals surface area contributed by atoms with E-state index in [1.807, 2.05) is 6.07 Å². The first-order valence-electron chi connectivity index (χ1n) is 7.09. The smallest absolute Gasteiger partial charge is 0.136 e. The molecule has 0 bridgehead atoms. The van der Waals surface area contributed by atoms with Gasteiger partial charge in [0.15, 0.2) is 0 Å². The molecule has 1 N–H and O–H groups in total. The second kappa shape index (κ2) is 5.31. The Kier molecular flexibility index (Phi) is 3.76. The SMILES string of the molecule is CC(C)(C)c1ccc(C2CC(O)c3cc(Cl)ccc3O2)s1. The maximum Gasteiger partial charge on any atom is 0.136 e. The van der Waals surface area contributed by atoms with Crippen molar-refractivity contribution in [3.05, 3.63) is 50.7 Å². The summed E-state index contributed by atoms with van der Waals surface area (Å²) in [6, 6.07) is 9.69. The lowest BCUT2D eigenvalue weighted by molar-refractivity contribution is 0.0674. The topological polar surface area (TPSA) is 29.5 Å². The van der Waals surface area contributed by atoms with Gasteiger partial charge in [0.2, 0.25) is 0 Å². The highest BCUT2D eigenvalue weighted by atomic mass is 35.5. The van der Waals surface area contributed by atoms with Gasteiger partial charge < -0.3 is 9.84 Å². The summed E-state index contributed by atoms with van der Waals surface area (Å²) in [5.74, 6) is 0.730. The highest BCUT2D eigenvalue weighted by Crippen LogP contribution is 2.44. The van der Waals surface area contributed by atoms with Gasteiger partial charge in [-0.1, -0.05) is 32.4 Å². The average molecular weight is 323 g/mol. The lowest BCUT2D eigenvalue weighted by Gasteiger charge is -2.29. The number of aliphatic hydroxyl groups excluding tert-OH is 1. The van der Waals surface area contributed by atoms with E-state index in [2.05, 4.69) is 32.9 Å². The second-order valence-corrected chi connectivity index (χ2v) is 8.04. The van der Waals surface area contributed by atoms with Crippen molar-refractivity contribution in [1.82, 2.24) is 0 Å². The van der Waals surface area contributed by atoms with E-state index in [-0.39, 0.29) is 11.5 Å². The van der Waals surface area contributed by atoms with E-state index in [4.69, 9.17) is 16.3 Å². The lowest BCUT2D eigenvalue weighted by Crippen LogP contribution is -2.18. The zero-order valence-corrected chi connectivity index (χ0v) is 14.0. The Morgan fingerprint density at radius 2 is 2.00 bits per heavy atom. The van der Waals surface area contributed by atoms with Gasteiger partial charge in [-0.3, -0.25) is 0 Å². The van der Waals surface area contributed by atoms with Crippen LogP contribution in [-0.4, -0.2) is 5.11 Å². The Morgan fingerprint density at radius 3 is 2.67 bits per heavy atom. The van der Waals surface area contributed by atoms with Crippen molar-refractivity contribution in [3.63, 3.8) is 0 Å². The van der Waals surface area contributed by atoms with Crippen molar-refractivity contribution in [3.8, 4) is 5.75 Å². The minimum Gasteiger partial charge on any atom is -0.484 e. The fourth-order valence-electron chi connectivity index (χ4n) is 2.52. The van der Waals surface area contributed by atoms with Gasteiger partial charge in [0.1, 0.15) is 11.9 Å². The third-order valence-electron chi connectivity index (χ3n) is 3.72. The van der Waals surface area contributed by atoms with Crippen LogP contribution in [0.15, 0.2) is 30.3 Å². The molecular formula is C17H19ClO2S. The number of hydrogen-bond donors (Lipinski definition) is 1. The molecule has 1 aliphatic rings. The van der Waals surface area contributed by atoms with Gasteiger partial charge in [-0.25, -0.2) is 0 Å². The van der Waals surface area contributed by atoms with Gasteiger partial charge in [-0.05, 0) is 35.7 Å². The number of halogens is 1. The molecule has 2 atom stereocenters. The van der Waals surface area contributed by atoms with Crippen molar-refractivity contribution in [2.45, 2.75) is 44.8 Å². The van der Waals surface area contributed by atoms with Gasteiger partial charge in [-0.15, -0.1) is 11.3 Å². The summed E-state index contributed by atoms with van der Waals surface area (Å²) < 4.78 is 6.06. The van der Waals surface area contributed by atoms with E-state index in [0.29, 0.717) is 11.4 Å². The molecule has 1 aromatic heterocycles. The van der Waals surface area contributed by atoms with Crippen molar-refractivity contribution >= 4 is 22.9 Å². The van der Waals surface area contributed by atoms with Gasteiger partial charge in [0, 0.05) is 26.8 Å². The fourth-order valence-corrected chi connectivity index (χ4v) is 3.81. The summed E-state index contributed by atoms with van der Waals surface area (Å²) in [5.41, 5.74) is 0.924. The maximum atomic E-state index is 10.4. The highest BCUT2D eigenvalue weighted by Gasteiger charge is 2.30. The number of benzene rings is 1. The Labute approximate surface area is 134 Å². The fraction of sp³-hybridized carbons (Fsp3) is 0.412. The number of ether oxygens (including phenoxy) is 1. The molecule has 112 valence electrons. The second-order valence-electron chi connectivity index (χ2n) is 6.49. The molecule has 0 saturated heterocycles. The van der Waals surface area contributed by atoms with E-state index in [1.54, 1.807) is 23.5 Å². The van der Waals surface area contributed by atoms with Gasteiger partial charge in [-0.2, -0.15) is 0 Å².